The maximum atomic E-state index is 6.79. The van der Waals surface area contributed by atoms with E-state index >= 15 is 0 Å². The number of rotatable bonds is 3. The van der Waals surface area contributed by atoms with Gasteiger partial charge in [0.1, 0.15) is 11.5 Å². The molecule has 0 spiro atoms. The Morgan fingerprint density at radius 1 is 0.436 bits per heavy atom. The van der Waals surface area contributed by atoms with Gasteiger partial charge in [0.15, 0.2) is 8.07 Å². The smallest absolute Gasteiger partial charge is 0.250 e. The summed E-state index contributed by atoms with van der Waals surface area (Å²) in [4.78, 5) is 0. The lowest BCUT2D eigenvalue weighted by atomic mass is 9.35. The third kappa shape index (κ3) is 3.20. The quantitative estimate of drug-likeness (QED) is 0.329. The van der Waals surface area contributed by atoms with Crippen molar-refractivity contribution in [3.8, 4) is 22.6 Å². The molecule has 3 heteroatoms. The highest BCUT2D eigenvalue weighted by molar-refractivity contribution is 7.26. The lowest BCUT2D eigenvalue weighted by molar-refractivity contribution is 0.488. The summed E-state index contributed by atoms with van der Waals surface area (Å²) < 4.78 is 6.79. The number of hydrogen-bond donors (Lipinski definition) is 0. The van der Waals surface area contributed by atoms with Gasteiger partial charge < -0.3 is 4.74 Å². The van der Waals surface area contributed by atoms with E-state index in [0.717, 1.165) is 11.5 Å². The monoisotopic (exact) mass is 512 g/mol. The zero-order chi connectivity index (χ0) is 25.8. The molecular formula is C36H25BOSi. The second kappa shape index (κ2) is 8.72. The van der Waals surface area contributed by atoms with Crippen LogP contribution in [0.1, 0.15) is 0 Å². The van der Waals surface area contributed by atoms with Crippen molar-refractivity contribution in [3.63, 3.8) is 0 Å². The van der Waals surface area contributed by atoms with Crippen LogP contribution in [0.2, 0.25) is 0 Å². The van der Waals surface area contributed by atoms with Gasteiger partial charge >= 0.3 is 0 Å². The summed E-state index contributed by atoms with van der Waals surface area (Å²) in [6.45, 7) is 0.133. The van der Waals surface area contributed by atoms with Crippen molar-refractivity contribution in [1.29, 1.82) is 0 Å². The Kier molecular flexibility index (Phi) is 5.01. The van der Waals surface area contributed by atoms with Crippen molar-refractivity contribution >= 4 is 51.9 Å². The molecule has 0 fully saturated rings. The Labute approximate surface area is 230 Å². The zero-order valence-corrected chi connectivity index (χ0v) is 22.4. The van der Waals surface area contributed by atoms with Gasteiger partial charge in [-0.15, -0.1) is 0 Å². The molecule has 0 aliphatic carbocycles. The Morgan fingerprint density at radius 3 is 1.69 bits per heavy atom. The van der Waals surface area contributed by atoms with Crippen LogP contribution >= 0.6 is 0 Å². The lowest BCUT2D eigenvalue weighted by Gasteiger charge is -2.45. The average Bonchev–Trinajstić information content (AvgIpc) is 3.02. The molecule has 0 amide bonds. The molecule has 0 saturated heterocycles. The van der Waals surface area contributed by atoms with E-state index in [0.29, 0.717) is 0 Å². The minimum atomic E-state index is -2.70. The molecule has 1 nitrogen and oxygen atoms in total. The van der Waals surface area contributed by atoms with Crippen LogP contribution in [0, 0.1) is 0 Å². The predicted octanol–water partition coefficient (Wildman–Crippen LogP) is 3.67. The molecular weight excluding hydrogens is 487 g/mol. The first-order valence-corrected chi connectivity index (χ1v) is 15.6. The fourth-order valence-corrected chi connectivity index (χ4v) is 12.2. The van der Waals surface area contributed by atoms with E-state index in [1.54, 1.807) is 0 Å². The number of ether oxygens (including phenoxy) is 1. The van der Waals surface area contributed by atoms with Crippen molar-refractivity contribution in [3.05, 3.63) is 152 Å². The van der Waals surface area contributed by atoms with E-state index < -0.39 is 8.07 Å². The van der Waals surface area contributed by atoms with Crippen LogP contribution in [0.4, 0.5) is 0 Å². The molecule has 2 aliphatic rings. The summed E-state index contributed by atoms with van der Waals surface area (Å²) in [6.07, 6.45) is 0. The van der Waals surface area contributed by atoms with E-state index in [4.69, 9.17) is 4.74 Å². The Balaban J connectivity index is 1.57. The third-order valence-electron chi connectivity index (χ3n) is 8.48. The van der Waals surface area contributed by atoms with Crippen LogP contribution in [-0.2, 0) is 0 Å². The number of fused-ring (bicyclic) bond motifs is 4. The summed E-state index contributed by atoms with van der Waals surface area (Å²) in [5.41, 5.74) is 6.37. The van der Waals surface area contributed by atoms with E-state index in [9.17, 15) is 0 Å². The molecule has 0 saturated carbocycles. The first-order valence-electron chi connectivity index (χ1n) is 13.6. The van der Waals surface area contributed by atoms with Gasteiger partial charge in [-0.1, -0.05) is 145 Å². The molecule has 182 valence electrons. The summed E-state index contributed by atoms with van der Waals surface area (Å²) in [6, 6.07) is 55.6. The van der Waals surface area contributed by atoms with Crippen molar-refractivity contribution in [1.82, 2.24) is 0 Å². The second-order valence-electron chi connectivity index (χ2n) is 10.4. The highest BCUT2D eigenvalue weighted by Crippen LogP contribution is 2.31. The summed E-state index contributed by atoms with van der Waals surface area (Å²) in [5.74, 6) is 1.93. The molecule has 0 N–H and O–H groups in total. The molecule has 0 unspecified atom stereocenters. The fraction of sp³-hybridized carbons (Fsp3) is 0. The summed E-state index contributed by atoms with van der Waals surface area (Å²) in [5, 5.41) is 5.68. The van der Waals surface area contributed by atoms with Crippen molar-refractivity contribution in [2.45, 2.75) is 0 Å². The summed E-state index contributed by atoms with van der Waals surface area (Å²) in [7, 11) is -2.70. The van der Waals surface area contributed by atoms with E-state index in [2.05, 4.69) is 152 Å². The number of hydrogen-bond acceptors (Lipinski definition) is 1. The van der Waals surface area contributed by atoms with Crippen LogP contribution in [0.15, 0.2) is 152 Å². The highest BCUT2D eigenvalue weighted by atomic mass is 28.3. The van der Waals surface area contributed by atoms with Gasteiger partial charge in [-0.2, -0.15) is 0 Å². The number of para-hydroxylation sites is 1. The standard InChI is InChI=1S/C36H25BOSi/c1-4-14-26(15-5-1)27-24-33-36-35(25-27)39(28-16-6-2-7-17-28,29-18-8-3-9-19-29)34-23-13-11-21-31(34)37(36)30-20-10-12-22-32(30)38-33/h1-25H. The molecule has 0 atom stereocenters. The molecule has 0 bridgehead atoms. The molecule has 6 aromatic rings. The average molecular weight is 512 g/mol. The molecule has 0 aromatic heterocycles. The first-order chi connectivity index (χ1) is 19.4. The Morgan fingerprint density at radius 2 is 1.00 bits per heavy atom. The van der Waals surface area contributed by atoms with E-state index in [1.807, 2.05) is 0 Å². The normalized spacial score (nSPS) is 14.0. The highest BCUT2D eigenvalue weighted by Gasteiger charge is 2.52. The van der Waals surface area contributed by atoms with Gasteiger partial charge in [-0.3, -0.25) is 0 Å². The minimum absolute atomic E-state index is 0.133. The molecule has 0 radical (unpaired) electrons. The van der Waals surface area contributed by atoms with Gasteiger partial charge in [-0.25, -0.2) is 0 Å². The molecule has 2 aliphatic heterocycles. The van der Waals surface area contributed by atoms with Gasteiger partial charge in [0, 0.05) is 0 Å². The van der Waals surface area contributed by atoms with Gasteiger partial charge in [0.25, 0.3) is 6.71 Å². The van der Waals surface area contributed by atoms with Gasteiger partial charge in [0.05, 0.1) is 0 Å². The van der Waals surface area contributed by atoms with Crippen molar-refractivity contribution in [2.24, 2.45) is 0 Å². The van der Waals surface area contributed by atoms with Crippen LogP contribution in [-0.4, -0.2) is 14.8 Å². The van der Waals surface area contributed by atoms with Gasteiger partial charge in [-0.05, 0) is 54.9 Å². The summed E-state index contributed by atoms with van der Waals surface area (Å²) >= 11 is 0. The molecule has 6 aromatic carbocycles. The molecule has 8 rings (SSSR count). The van der Waals surface area contributed by atoms with E-state index in [-0.39, 0.29) is 6.71 Å². The third-order valence-corrected chi connectivity index (χ3v) is 13.4. The zero-order valence-electron chi connectivity index (χ0n) is 21.4. The lowest BCUT2D eigenvalue weighted by Crippen LogP contribution is -2.87. The van der Waals surface area contributed by atoms with Crippen molar-refractivity contribution < 1.29 is 4.74 Å². The van der Waals surface area contributed by atoms with Crippen LogP contribution in [0.3, 0.4) is 0 Å². The fourth-order valence-electron chi connectivity index (χ4n) is 6.93. The maximum absolute atomic E-state index is 6.79. The SMILES string of the molecule is c1ccc(-c2cc3c4c(c2)[Si](c2ccccc2)(c2ccccc2)c2ccccc2B4c2ccccc2O3)cc1. The van der Waals surface area contributed by atoms with Crippen LogP contribution < -0.4 is 41.9 Å². The largest absolute Gasteiger partial charge is 0.458 e. The minimum Gasteiger partial charge on any atom is -0.458 e. The first kappa shape index (κ1) is 22.4. The molecule has 39 heavy (non-hydrogen) atoms. The predicted molar refractivity (Wildman–Crippen MR) is 167 cm³/mol. The maximum Gasteiger partial charge on any atom is 0.250 e. The topological polar surface area (TPSA) is 9.23 Å². The molecule has 2 heterocycles. The van der Waals surface area contributed by atoms with Gasteiger partial charge in [0.2, 0.25) is 0 Å². The van der Waals surface area contributed by atoms with E-state index in [1.165, 1.54) is 48.3 Å². The Hall–Kier alpha value is -4.60. The van der Waals surface area contributed by atoms with Crippen LogP contribution in [0.25, 0.3) is 11.1 Å². The second-order valence-corrected chi connectivity index (χ2v) is 14.2. The Bertz CT molecular complexity index is 1790. The van der Waals surface area contributed by atoms with Crippen molar-refractivity contribution in [2.75, 3.05) is 0 Å². The van der Waals surface area contributed by atoms with Crippen LogP contribution in [0.5, 0.6) is 11.5 Å². The number of benzene rings is 6.